The van der Waals surface area contributed by atoms with Gasteiger partial charge in [0, 0.05) is 29.8 Å². The lowest BCUT2D eigenvalue weighted by molar-refractivity contribution is -0.141. The smallest absolute Gasteiger partial charge is 0.230 e. The summed E-state index contributed by atoms with van der Waals surface area (Å²) in [5, 5.41) is 0.561. The van der Waals surface area contributed by atoms with Crippen molar-refractivity contribution in [1.29, 1.82) is 0 Å². The molecule has 0 spiro atoms. The molecule has 0 aliphatic carbocycles. The minimum atomic E-state index is -0.600. The molecule has 1 aliphatic rings. The van der Waals surface area contributed by atoms with Gasteiger partial charge in [-0.15, -0.1) is 0 Å². The van der Waals surface area contributed by atoms with Crippen molar-refractivity contribution >= 4 is 29.2 Å². The predicted molar refractivity (Wildman–Crippen MR) is 90.7 cm³/mol. The number of carbonyl (C=O) groups excluding carboxylic acids is 3. The van der Waals surface area contributed by atoms with Gasteiger partial charge in [0.1, 0.15) is 0 Å². The van der Waals surface area contributed by atoms with E-state index in [4.69, 9.17) is 11.6 Å². The molecule has 0 radical (unpaired) electrons. The van der Waals surface area contributed by atoms with Gasteiger partial charge >= 0.3 is 0 Å². The summed E-state index contributed by atoms with van der Waals surface area (Å²) < 4.78 is 0. The Balaban J connectivity index is 1.93. The summed E-state index contributed by atoms with van der Waals surface area (Å²) in [6, 6.07) is 15.2. The number of carbonyl (C=O) groups is 3. The molecule has 0 N–H and O–H groups in total. The van der Waals surface area contributed by atoms with Crippen LogP contribution in [0.25, 0.3) is 0 Å². The Morgan fingerprint density at radius 2 is 1.54 bits per heavy atom. The van der Waals surface area contributed by atoms with E-state index in [0.29, 0.717) is 10.6 Å². The highest BCUT2D eigenvalue weighted by atomic mass is 35.5. The van der Waals surface area contributed by atoms with E-state index in [9.17, 15) is 14.4 Å². The first-order chi connectivity index (χ1) is 11.6. The topological polar surface area (TPSA) is 54.5 Å². The standard InChI is InChI=1S/C19H16ClNO3/c20-15-8-6-13(7-9-15)16(21-18(23)10-11-19(21)24)12-17(22)14-4-2-1-3-5-14/h1-9,16H,10-12H2/t16-/m1/s1. The van der Waals surface area contributed by atoms with Crippen LogP contribution in [0, 0.1) is 0 Å². The Kier molecular flexibility index (Phi) is 4.76. The predicted octanol–water partition coefficient (Wildman–Crippen LogP) is 3.80. The third-order valence-corrected chi connectivity index (χ3v) is 4.38. The van der Waals surface area contributed by atoms with Crippen LogP contribution in [0.3, 0.4) is 0 Å². The number of benzene rings is 2. The van der Waals surface area contributed by atoms with Crippen molar-refractivity contribution in [2.45, 2.75) is 25.3 Å². The lowest BCUT2D eigenvalue weighted by Gasteiger charge is -2.26. The minimum absolute atomic E-state index is 0.0587. The van der Waals surface area contributed by atoms with Crippen molar-refractivity contribution < 1.29 is 14.4 Å². The number of hydrogen-bond donors (Lipinski definition) is 0. The summed E-state index contributed by atoms with van der Waals surface area (Å²) in [6.07, 6.45) is 0.452. The Hall–Kier alpha value is -2.46. The van der Waals surface area contributed by atoms with Crippen molar-refractivity contribution in [3.8, 4) is 0 Å². The number of hydrogen-bond acceptors (Lipinski definition) is 3. The molecule has 0 unspecified atom stereocenters. The fourth-order valence-electron chi connectivity index (χ4n) is 2.90. The number of rotatable bonds is 5. The average Bonchev–Trinajstić information content (AvgIpc) is 2.93. The molecule has 2 aromatic rings. The van der Waals surface area contributed by atoms with Gasteiger partial charge in [0.25, 0.3) is 0 Å². The third kappa shape index (κ3) is 3.39. The van der Waals surface area contributed by atoms with Crippen molar-refractivity contribution in [3.05, 3.63) is 70.7 Å². The number of ketones is 1. The van der Waals surface area contributed by atoms with Crippen LogP contribution in [0.2, 0.25) is 5.02 Å². The SMILES string of the molecule is O=C(C[C@H](c1ccc(Cl)cc1)N1C(=O)CCC1=O)c1ccccc1. The maximum Gasteiger partial charge on any atom is 0.230 e. The highest BCUT2D eigenvalue weighted by molar-refractivity contribution is 6.30. The molecule has 1 atom stereocenters. The van der Waals surface area contributed by atoms with E-state index in [2.05, 4.69) is 0 Å². The first kappa shape index (κ1) is 16.4. The molecular weight excluding hydrogens is 326 g/mol. The number of likely N-dealkylation sites (tertiary alicyclic amines) is 1. The molecule has 1 aliphatic heterocycles. The van der Waals surface area contributed by atoms with Gasteiger partial charge in [0.05, 0.1) is 6.04 Å². The molecule has 0 bridgehead atoms. The molecule has 1 saturated heterocycles. The van der Waals surface area contributed by atoms with E-state index < -0.39 is 6.04 Å². The second-order valence-corrected chi connectivity index (χ2v) is 6.15. The average molecular weight is 342 g/mol. The lowest BCUT2D eigenvalue weighted by atomic mass is 9.96. The molecule has 3 rings (SSSR count). The zero-order valence-corrected chi connectivity index (χ0v) is 13.7. The molecule has 2 aromatic carbocycles. The summed E-state index contributed by atoms with van der Waals surface area (Å²) in [5.74, 6) is -0.579. The van der Waals surface area contributed by atoms with Crippen LogP contribution in [-0.2, 0) is 9.59 Å². The summed E-state index contributed by atoms with van der Waals surface area (Å²) in [6.45, 7) is 0. The van der Waals surface area contributed by atoms with Crippen LogP contribution in [0.4, 0.5) is 0 Å². The van der Waals surface area contributed by atoms with E-state index >= 15 is 0 Å². The quantitative estimate of drug-likeness (QED) is 0.614. The highest BCUT2D eigenvalue weighted by Crippen LogP contribution is 2.31. The molecule has 2 amide bonds. The summed E-state index contributed by atoms with van der Waals surface area (Å²) in [4.78, 5) is 38.1. The number of amides is 2. The Labute approximate surface area is 145 Å². The number of nitrogens with zero attached hydrogens (tertiary/aromatic N) is 1. The molecule has 1 heterocycles. The van der Waals surface area contributed by atoms with E-state index in [1.807, 2.05) is 6.07 Å². The number of halogens is 1. The summed E-state index contributed by atoms with van der Waals surface area (Å²) in [5.41, 5.74) is 1.29. The van der Waals surface area contributed by atoms with Crippen LogP contribution in [0.15, 0.2) is 54.6 Å². The van der Waals surface area contributed by atoms with Gasteiger partial charge in [-0.2, -0.15) is 0 Å². The molecule has 122 valence electrons. The van der Waals surface area contributed by atoms with Crippen molar-refractivity contribution in [1.82, 2.24) is 4.90 Å². The zero-order valence-electron chi connectivity index (χ0n) is 12.9. The van der Waals surface area contributed by atoms with Gasteiger partial charge in [0.2, 0.25) is 11.8 Å². The molecule has 4 nitrogen and oxygen atoms in total. The maximum atomic E-state index is 12.6. The van der Waals surface area contributed by atoms with Crippen molar-refractivity contribution in [2.24, 2.45) is 0 Å². The number of Topliss-reactive ketones (excluding diaryl/α,β-unsaturated/α-hetero) is 1. The molecule has 0 aromatic heterocycles. The molecular formula is C19H16ClNO3. The Bertz CT molecular complexity index is 755. The second-order valence-electron chi connectivity index (χ2n) is 5.72. The van der Waals surface area contributed by atoms with Crippen LogP contribution >= 0.6 is 11.6 Å². The Morgan fingerprint density at radius 1 is 0.958 bits per heavy atom. The normalized spacial score (nSPS) is 15.6. The molecule has 1 fully saturated rings. The van der Waals surface area contributed by atoms with Gasteiger partial charge < -0.3 is 0 Å². The van der Waals surface area contributed by atoms with Crippen LogP contribution < -0.4 is 0 Å². The number of imide groups is 1. The second kappa shape index (κ2) is 6.97. The molecule has 5 heteroatoms. The van der Waals surface area contributed by atoms with Gasteiger partial charge in [-0.1, -0.05) is 54.1 Å². The Morgan fingerprint density at radius 3 is 2.12 bits per heavy atom. The third-order valence-electron chi connectivity index (χ3n) is 4.13. The maximum absolute atomic E-state index is 12.6. The zero-order chi connectivity index (χ0) is 17.1. The summed E-state index contributed by atoms with van der Waals surface area (Å²) in [7, 11) is 0. The summed E-state index contributed by atoms with van der Waals surface area (Å²) >= 11 is 5.92. The fourth-order valence-corrected chi connectivity index (χ4v) is 3.03. The lowest BCUT2D eigenvalue weighted by Crippen LogP contribution is -2.34. The first-order valence-corrected chi connectivity index (χ1v) is 8.12. The molecule has 0 saturated carbocycles. The van der Waals surface area contributed by atoms with Gasteiger partial charge in [-0.25, -0.2) is 0 Å². The first-order valence-electron chi connectivity index (χ1n) is 7.75. The van der Waals surface area contributed by atoms with Crippen LogP contribution in [0.5, 0.6) is 0 Å². The van der Waals surface area contributed by atoms with Crippen LogP contribution in [-0.4, -0.2) is 22.5 Å². The van der Waals surface area contributed by atoms with E-state index in [-0.39, 0.29) is 36.9 Å². The van der Waals surface area contributed by atoms with Crippen LogP contribution in [0.1, 0.15) is 41.2 Å². The van der Waals surface area contributed by atoms with E-state index in [0.717, 1.165) is 5.56 Å². The van der Waals surface area contributed by atoms with E-state index in [1.165, 1.54) is 4.90 Å². The van der Waals surface area contributed by atoms with Gasteiger partial charge in [-0.3, -0.25) is 19.3 Å². The molecule has 24 heavy (non-hydrogen) atoms. The van der Waals surface area contributed by atoms with E-state index in [1.54, 1.807) is 48.5 Å². The monoisotopic (exact) mass is 341 g/mol. The highest BCUT2D eigenvalue weighted by Gasteiger charge is 2.36. The van der Waals surface area contributed by atoms with Gasteiger partial charge in [0.15, 0.2) is 5.78 Å². The van der Waals surface area contributed by atoms with Crippen molar-refractivity contribution in [2.75, 3.05) is 0 Å². The fraction of sp³-hybridized carbons (Fsp3) is 0.211. The largest absolute Gasteiger partial charge is 0.294 e. The minimum Gasteiger partial charge on any atom is -0.294 e. The van der Waals surface area contributed by atoms with Gasteiger partial charge in [-0.05, 0) is 17.7 Å². The van der Waals surface area contributed by atoms with Crippen molar-refractivity contribution in [3.63, 3.8) is 0 Å².